The lowest BCUT2D eigenvalue weighted by Crippen LogP contribution is -2.38. The standard InChI is InChI=1S/C11H16N2O3S/c1-12-17(15,16)11-4-2-8(3-5-11)13-9-6-10(14)7-9/h2-5,9-10,12-14H,6-7H2,1H3. The van der Waals surface area contributed by atoms with Crippen LogP contribution in [0, 0.1) is 0 Å². The van der Waals surface area contributed by atoms with Crippen molar-refractivity contribution in [2.75, 3.05) is 12.4 Å². The van der Waals surface area contributed by atoms with Gasteiger partial charge in [-0.05, 0) is 44.2 Å². The van der Waals surface area contributed by atoms with Gasteiger partial charge in [-0.1, -0.05) is 0 Å². The molecular formula is C11H16N2O3S. The minimum absolute atomic E-state index is 0.198. The summed E-state index contributed by atoms with van der Waals surface area (Å²) in [6.07, 6.45) is 1.30. The molecule has 0 unspecified atom stereocenters. The molecule has 1 aliphatic rings. The molecule has 17 heavy (non-hydrogen) atoms. The molecule has 0 spiro atoms. The summed E-state index contributed by atoms with van der Waals surface area (Å²) < 4.78 is 25.2. The van der Waals surface area contributed by atoms with Crippen molar-refractivity contribution in [2.24, 2.45) is 0 Å². The average Bonchev–Trinajstić information content (AvgIpc) is 2.28. The van der Waals surface area contributed by atoms with Crippen molar-refractivity contribution in [3.8, 4) is 0 Å². The van der Waals surface area contributed by atoms with Crippen LogP contribution in [0.15, 0.2) is 29.2 Å². The van der Waals surface area contributed by atoms with Crippen LogP contribution in [-0.4, -0.2) is 32.7 Å². The van der Waals surface area contributed by atoms with Crippen LogP contribution < -0.4 is 10.0 Å². The molecule has 1 saturated carbocycles. The Morgan fingerprint density at radius 1 is 1.24 bits per heavy atom. The molecule has 1 aliphatic carbocycles. The van der Waals surface area contributed by atoms with Gasteiger partial charge in [0.2, 0.25) is 10.0 Å². The Kier molecular flexibility index (Phi) is 3.37. The minimum atomic E-state index is -3.36. The van der Waals surface area contributed by atoms with Crippen molar-refractivity contribution in [2.45, 2.75) is 29.9 Å². The molecular weight excluding hydrogens is 240 g/mol. The van der Waals surface area contributed by atoms with E-state index >= 15 is 0 Å². The zero-order valence-electron chi connectivity index (χ0n) is 9.55. The fraction of sp³-hybridized carbons (Fsp3) is 0.455. The number of hydrogen-bond acceptors (Lipinski definition) is 4. The van der Waals surface area contributed by atoms with Crippen LogP contribution in [-0.2, 0) is 10.0 Å². The molecule has 0 saturated heterocycles. The van der Waals surface area contributed by atoms with Crippen molar-refractivity contribution < 1.29 is 13.5 Å². The second kappa shape index (κ2) is 4.64. The predicted octanol–water partition coefficient (Wildman–Crippen LogP) is 0.530. The van der Waals surface area contributed by atoms with Crippen molar-refractivity contribution in [3.63, 3.8) is 0 Å². The number of sulfonamides is 1. The van der Waals surface area contributed by atoms with Crippen molar-refractivity contribution in [1.82, 2.24) is 4.72 Å². The van der Waals surface area contributed by atoms with Gasteiger partial charge in [0.05, 0.1) is 11.0 Å². The number of rotatable bonds is 4. The lowest BCUT2D eigenvalue weighted by Gasteiger charge is -2.32. The molecule has 2 rings (SSSR count). The van der Waals surface area contributed by atoms with Crippen LogP contribution in [0.2, 0.25) is 0 Å². The summed E-state index contributed by atoms with van der Waals surface area (Å²) in [6, 6.07) is 6.87. The molecule has 3 N–H and O–H groups in total. The van der Waals surface area contributed by atoms with Gasteiger partial charge in [0.1, 0.15) is 0 Å². The summed E-state index contributed by atoms with van der Waals surface area (Å²) in [7, 11) is -1.98. The highest BCUT2D eigenvalue weighted by Gasteiger charge is 2.26. The van der Waals surface area contributed by atoms with Gasteiger partial charge in [-0.2, -0.15) is 0 Å². The Labute approximate surface area is 101 Å². The second-order valence-corrected chi connectivity index (χ2v) is 6.08. The zero-order valence-corrected chi connectivity index (χ0v) is 10.4. The molecule has 94 valence electrons. The molecule has 1 aromatic carbocycles. The van der Waals surface area contributed by atoms with Gasteiger partial charge in [0.15, 0.2) is 0 Å². The van der Waals surface area contributed by atoms with E-state index in [1.54, 1.807) is 24.3 Å². The van der Waals surface area contributed by atoms with Crippen molar-refractivity contribution in [1.29, 1.82) is 0 Å². The number of benzene rings is 1. The van der Waals surface area contributed by atoms with Crippen LogP contribution in [0.25, 0.3) is 0 Å². The van der Waals surface area contributed by atoms with E-state index in [1.165, 1.54) is 7.05 Å². The first-order chi connectivity index (χ1) is 8.01. The molecule has 0 amide bonds. The zero-order chi connectivity index (χ0) is 12.5. The monoisotopic (exact) mass is 256 g/mol. The quantitative estimate of drug-likeness (QED) is 0.734. The number of nitrogens with one attached hydrogen (secondary N) is 2. The maximum atomic E-state index is 11.5. The summed E-state index contributed by atoms with van der Waals surface area (Å²) >= 11 is 0. The molecule has 0 aromatic heterocycles. The molecule has 0 aliphatic heterocycles. The van der Waals surface area contributed by atoms with Crippen molar-refractivity contribution in [3.05, 3.63) is 24.3 Å². The third kappa shape index (κ3) is 2.77. The lowest BCUT2D eigenvalue weighted by molar-refractivity contribution is 0.0836. The molecule has 5 nitrogen and oxygen atoms in total. The smallest absolute Gasteiger partial charge is 0.240 e. The Hall–Kier alpha value is -1.11. The molecule has 0 radical (unpaired) electrons. The van der Waals surface area contributed by atoms with Crippen molar-refractivity contribution >= 4 is 15.7 Å². The first-order valence-corrected chi connectivity index (χ1v) is 6.98. The summed E-state index contributed by atoms with van der Waals surface area (Å²) in [6.45, 7) is 0. The molecule has 0 bridgehead atoms. The van der Waals surface area contributed by atoms with Crippen LogP contribution in [0.3, 0.4) is 0 Å². The van der Waals surface area contributed by atoms with E-state index in [4.69, 9.17) is 5.11 Å². The molecule has 1 fully saturated rings. The van der Waals surface area contributed by atoms with E-state index in [-0.39, 0.29) is 17.0 Å². The summed E-state index contributed by atoms with van der Waals surface area (Å²) in [5.74, 6) is 0. The van der Waals surface area contributed by atoms with Gasteiger partial charge in [-0.3, -0.25) is 0 Å². The van der Waals surface area contributed by atoms with Crippen LogP contribution in [0.4, 0.5) is 5.69 Å². The van der Waals surface area contributed by atoms with Gasteiger partial charge < -0.3 is 10.4 Å². The summed E-state index contributed by atoms with van der Waals surface area (Å²) in [5.41, 5.74) is 0.872. The minimum Gasteiger partial charge on any atom is -0.393 e. The Morgan fingerprint density at radius 2 is 1.82 bits per heavy atom. The van der Waals surface area contributed by atoms with Gasteiger partial charge in [-0.15, -0.1) is 0 Å². The fourth-order valence-electron chi connectivity index (χ4n) is 1.79. The molecule has 0 atom stereocenters. The van der Waals surface area contributed by atoms with Crippen LogP contribution in [0.1, 0.15) is 12.8 Å². The highest BCUT2D eigenvalue weighted by molar-refractivity contribution is 7.89. The van der Waals surface area contributed by atoms with Gasteiger partial charge in [-0.25, -0.2) is 13.1 Å². The third-order valence-electron chi connectivity index (χ3n) is 2.92. The van der Waals surface area contributed by atoms with E-state index in [9.17, 15) is 8.42 Å². The Morgan fingerprint density at radius 3 is 2.29 bits per heavy atom. The fourth-order valence-corrected chi connectivity index (χ4v) is 2.52. The first kappa shape index (κ1) is 12.3. The number of aliphatic hydroxyl groups excluding tert-OH is 1. The lowest BCUT2D eigenvalue weighted by atomic mass is 9.89. The van der Waals surface area contributed by atoms with E-state index in [0.717, 1.165) is 18.5 Å². The average molecular weight is 256 g/mol. The van der Waals surface area contributed by atoms with E-state index in [2.05, 4.69) is 10.0 Å². The maximum Gasteiger partial charge on any atom is 0.240 e. The summed E-state index contributed by atoms with van der Waals surface area (Å²) in [5, 5.41) is 12.4. The SMILES string of the molecule is CNS(=O)(=O)c1ccc(NC2CC(O)C2)cc1. The number of hydrogen-bond donors (Lipinski definition) is 3. The Bertz CT molecular complexity index is 478. The highest BCUT2D eigenvalue weighted by Crippen LogP contribution is 2.24. The van der Waals surface area contributed by atoms with Gasteiger partial charge in [0, 0.05) is 11.7 Å². The summed E-state index contributed by atoms with van der Waals surface area (Å²) in [4.78, 5) is 0.249. The van der Waals surface area contributed by atoms with Gasteiger partial charge >= 0.3 is 0 Å². The van der Waals surface area contributed by atoms with E-state index < -0.39 is 10.0 Å². The maximum absolute atomic E-state index is 11.5. The number of anilines is 1. The molecule has 0 heterocycles. The molecule has 1 aromatic rings. The Balaban J connectivity index is 2.03. The van der Waals surface area contributed by atoms with Gasteiger partial charge in [0.25, 0.3) is 0 Å². The normalized spacial score (nSPS) is 24.1. The van der Waals surface area contributed by atoms with E-state index in [1.807, 2.05) is 0 Å². The van der Waals surface area contributed by atoms with E-state index in [0.29, 0.717) is 0 Å². The first-order valence-electron chi connectivity index (χ1n) is 5.49. The molecule has 6 heteroatoms. The topological polar surface area (TPSA) is 78.4 Å². The largest absolute Gasteiger partial charge is 0.393 e. The number of aliphatic hydroxyl groups is 1. The predicted molar refractivity (Wildman–Crippen MR) is 65.3 cm³/mol. The highest BCUT2D eigenvalue weighted by atomic mass is 32.2. The van der Waals surface area contributed by atoms with Crippen LogP contribution in [0.5, 0.6) is 0 Å². The third-order valence-corrected chi connectivity index (χ3v) is 4.35. The van der Waals surface area contributed by atoms with Crippen LogP contribution >= 0.6 is 0 Å². The second-order valence-electron chi connectivity index (χ2n) is 4.20.